The molecule has 0 radical (unpaired) electrons. The highest BCUT2D eigenvalue weighted by Crippen LogP contribution is 2.22. The van der Waals surface area contributed by atoms with Crippen molar-refractivity contribution in [3.8, 4) is 11.1 Å². The largest absolute Gasteiger partial charge is 0.394 e. The second kappa shape index (κ2) is 7.11. The maximum absolute atomic E-state index is 14.1. The zero-order valence-corrected chi connectivity index (χ0v) is 11.6. The number of hydrogen-bond donors (Lipinski definition) is 3. The molecule has 4 nitrogen and oxygen atoms in total. The molecule has 2 rings (SSSR count). The van der Waals surface area contributed by atoms with E-state index in [-0.39, 0.29) is 11.4 Å². The van der Waals surface area contributed by atoms with E-state index in [9.17, 15) is 13.6 Å². The molecule has 0 fully saturated rings. The Hall–Kier alpha value is -2.31. The van der Waals surface area contributed by atoms with Gasteiger partial charge in [-0.1, -0.05) is 18.2 Å². The van der Waals surface area contributed by atoms with E-state index in [4.69, 9.17) is 10.2 Å². The maximum atomic E-state index is 14.1. The monoisotopic (exact) mass is 307 g/mol. The lowest BCUT2D eigenvalue weighted by Crippen LogP contribution is -2.40. The molecule has 22 heavy (non-hydrogen) atoms. The van der Waals surface area contributed by atoms with Gasteiger partial charge in [-0.2, -0.15) is 0 Å². The first-order valence-corrected chi connectivity index (χ1v) is 6.63. The van der Waals surface area contributed by atoms with Crippen LogP contribution in [0.1, 0.15) is 10.4 Å². The number of halogens is 2. The van der Waals surface area contributed by atoms with Crippen LogP contribution in [0.4, 0.5) is 8.78 Å². The van der Waals surface area contributed by atoms with Gasteiger partial charge in [-0.15, -0.1) is 0 Å². The van der Waals surface area contributed by atoms with Crippen molar-refractivity contribution in [2.75, 3.05) is 13.2 Å². The molecule has 0 bridgehead atoms. The van der Waals surface area contributed by atoms with Gasteiger partial charge in [-0.3, -0.25) is 4.79 Å². The molecule has 0 saturated carbocycles. The van der Waals surface area contributed by atoms with E-state index in [1.54, 1.807) is 0 Å². The summed E-state index contributed by atoms with van der Waals surface area (Å²) in [5.41, 5.74) is 0.934. The van der Waals surface area contributed by atoms with E-state index in [0.29, 0.717) is 11.1 Å². The van der Waals surface area contributed by atoms with Crippen LogP contribution in [0.5, 0.6) is 0 Å². The molecule has 1 amide bonds. The van der Waals surface area contributed by atoms with Gasteiger partial charge in [0, 0.05) is 0 Å². The molecular formula is C16H15F2NO3. The van der Waals surface area contributed by atoms with E-state index in [1.165, 1.54) is 42.5 Å². The van der Waals surface area contributed by atoms with Crippen LogP contribution >= 0.6 is 0 Å². The Bertz CT molecular complexity index is 655. The van der Waals surface area contributed by atoms with Crippen molar-refractivity contribution in [3.05, 3.63) is 59.7 Å². The second-order valence-electron chi connectivity index (χ2n) is 4.74. The smallest absolute Gasteiger partial charge is 0.254 e. The number of carbonyl (C=O) groups excluding carboxylic acids is 1. The van der Waals surface area contributed by atoms with Gasteiger partial charge >= 0.3 is 0 Å². The van der Waals surface area contributed by atoms with Crippen LogP contribution in [0.2, 0.25) is 0 Å². The standard InChI is InChI=1S/C16H15F2NO3/c17-12-4-1-10(2-5-12)11-3-6-14(15(18)7-11)16(22)19-13(8-20)9-21/h1-7,13,20-21H,8-9H2,(H,19,22). The minimum Gasteiger partial charge on any atom is -0.394 e. The number of amides is 1. The molecule has 6 heteroatoms. The Balaban J connectivity index is 2.22. The predicted molar refractivity (Wildman–Crippen MR) is 77.2 cm³/mol. The minimum absolute atomic E-state index is 0.197. The molecule has 0 aromatic heterocycles. The SMILES string of the molecule is O=C(NC(CO)CO)c1ccc(-c2ccc(F)cc2)cc1F. The second-order valence-corrected chi connectivity index (χ2v) is 4.74. The summed E-state index contributed by atoms with van der Waals surface area (Å²) in [5, 5.41) is 20.1. The Kier molecular flexibility index (Phi) is 5.19. The highest BCUT2D eigenvalue weighted by molar-refractivity contribution is 5.95. The Morgan fingerprint density at radius 3 is 2.14 bits per heavy atom. The van der Waals surface area contributed by atoms with Crippen molar-refractivity contribution in [3.63, 3.8) is 0 Å². The molecule has 0 aliphatic rings. The molecular weight excluding hydrogens is 292 g/mol. The van der Waals surface area contributed by atoms with E-state index in [0.717, 1.165) is 0 Å². The van der Waals surface area contributed by atoms with Gasteiger partial charge in [0.1, 0.15) is 11.6 Å². The average molecular weight is 307 g/mol. The van der Waals surface area contributed by atoms with Crippen LogP contribution in [0, 0.1) is 11.6 Å². The molecule has 0 spiro atoms. The lowest BCUT2D eigenvalue weighted by Gasteiger charge is -2.14. The zero-order chi connectivity index (χ0) is 16.1. The summed E-state index contributed by atoms with van der Waals surface area (Å²) >= 11 is 0. The number of benzene rings is 2. The average Bonchev–Trinajstić information content (AvgIpc) is 2.53. The third-order valence-corrected chi connectivity index (χ3v) is 3.17. The fourth-order valence-corrected chi connectivity index (χ4v) is 1.93. The van der Waals surface area contributed by atoms with Crippen molar-refractivity contribution >= 4 is 5.91 Å². The molecule has 3 N–H and O–H groups in total. The summed E-state index contributed by atoms with van der Waals surface area (Å²) in [6, 6.07) is 8.72. The quantitative estimate of drug-likeness (QED) is 0.788. The summed E-state index contributed by atoms with van der Waals surface area (Å²) in [4.78, 5) is 11.9. The van der Waals surface area contributed by atoms with Crippen LogP contribution < -0.4 is 5.32 Å². The summed E-state index contributed by atoms with van der Waals surface area (Å²) in [6.07, 6.45) is 0. The number of nitrogens with one attached hydrogen (secondary N) is 1. The van der Waals surface area contributed by atoms with Crippen molar-refractivity contribution in [1.29, 1.82) is 0 Å². The molecule has 0 heterocycles. The number of rotatable bonds is 5. The summed E-state index contributed by atoms with van der Waals surface area (Å²) in [7, 11) is 0. The predicted octanol–water partition coefficient (Wildman–Crippen LogP) is 1.71. The molecule has 2 aromatic rings. The molecule has 0 saturated heterocycles. The first-order chi connectivity index (χ1) is 10.5. The lowest BCUT2D eigenvalue weighted by atomic mass is 10.0. The maximum Gasteiger partial charge on any atom is 0.254 e. The summed E-state index contributed by atoms with van der Waals surface area (Å²) in [5.74, 6) is -1.86. The first-order valence-electron chi connectivity index (χ1n) is 6.63. The van der Waals surface area contributed by atoms with Gasteiger partial charge in [0.25, 0.3) is 5.91 Å². The van der Waals surface area contributed by atoms with E-state index in [1.807, 2.05) is 0 Å². The van der Waals surface area contributed by atoms with Gasteiger partial charge in [-0.05, 0) is 35.4 Å². The van der Waals surface area contributed by atoms with Crippen LogP contribution in [0.15, 0.2) is 42.5 Å². The topological polar surface area (TPSA) is 69.6 Å². The van der Waals surface area contributed by atoms with E-state index in [2.05, 4.69) is 5.32 Å². The van der Waals surface area contributed by atoms with Crippen molar-refractivity contribution in [2.45, 2.75) is 6.04 Å². The van der Waals surface area contributed by atoms with E-state index >= 15 is 0 Å². The van der Waals surface area contributed by atoms with Gasteiger partial charge in [0.05, 0.1) is 24.8 Å². The third kappa shape index (κ3) is 3.66. The van der Waals surface area contributed by atoms with Crippen molar-refractivity contribution in [1.82, 2.24) is 5.32 Å². The Morgan fingerprint density at radius 2 is 1.59 bits per heavy atom. The Labute approximate surface area is 126 Å². The molecule has 0 aliphatic heterocycles. The number of aliphatic hydroxyl groups excluding tert-OH is 2. The lowest BCUT2D eigenvalue weighted by molar-refractivity contribution is 0.0875. The number of hydrogen-bond acceptors (Lipinski definition) is 3. The third-order valence-electron chi connectivity index (χ3n) is 3.17. The van der Waals surface area contributed by atoms with E-state index < -0.39 is 31.0 Å². The minimum atomic E-state index is -0.844. The van der Waals surface area contributed by atoms with Gasteiger partial charge in [-0.25, -0.2) is 8.78 Å². The van der Waals surface area contributed by atoms with Crippen LogP contribution in [-0.4, -0.2) is 35.4 Å². The first kappa shape index (κ1) is 16.1. The highest BCUT2D eigenvalue weighted by atomic mass is 19.1. The number of carbonyl (C=O) groups is 1. The summed E-state index contributed by atoms with van der Waals surface area (Å²) < 4.78 is 26.9. The Morgan fingerprint density at radius 1 is 1.00 bits per heavy atom. The van der Waals surface area contributed by atoms with Crippen LogP contribution in [0.25, 0.3) is 11.1 Å². The molecule has 0 atom stereocenters. The van der Waals surface area contributed by atoms with Gasteiger partial charge < -0.3 is 15.5 Å². The summed E-state index contributed by atoms with van der Waals surface area (Å²) in [6.45, 7) is -0.894. The molecule has 116 valence electrons. The van der Waals surface area contributed by atoms with Crippen LogP contribution in [-0.2, 0) is 0 Å². The molecule has 0 aliphatic carbocycles. The fourth-order valence-electron chi connectivity index (χ4n) is 1.93. The molecule has 0 unspecified atom stereocenters. The highest BCUT2D eigenvalue weighted by Gasteiger charge is 2.16. The zero-order valence-electron chi connectivity index (χ0n) is 11.6. The fraction of sp³-hybridized carbons (Fsp3) is 0.188. The van der Waals surface area contributed by atoms with Gasteiger partial charge in [0.2, 0.25) is 0 Å². The van der Waals surface area contributed by atoms with Gasteiger partial charge in [0.15, 0.2) is 0 Å². The number of aliphatic hydroxyl groups is 2. The normalized spacial score (nSPS) is 10.8. The van der Waals surface area contributed by atoms with Crippen molar-refractivity contribution in [2.24, 2.45) is 0 Å². The molecule has 2 aromatic carbocycles. The van der Waals surface area contributed by atoms with Crippen LogP contribution in [0.3, 0.4) is 0 Å². The van der Waals surface area contributed by atoms with Crippen molar-refractivity contribution < 1.29 is 23.8 Å².